The number of hydrogen-bond donors (Lipinski definition) is 2. The number of nitrogens with zero attached hydrogens (tertiary/aromatic N) is 1. The number of alkyl halides is 9. The number of benzene rings is 2. The van der Waals surface area contributed by atoms with Gasteiger partial charge in [0.1, 0.15) is 6.54 Å². The van der Waals surface area contributed by atoms with Gasteiger partial charge in [-0.05, 0) is 48.4 Å². The van der Waals surface area contributed by atoms with Crippen LogP contribution in [0.2, 0.25) is 0 Å². The molecule has 2 N–H and O–H groups in total. The lowest BCUT2D eigenvalue weighted by Crippen LogP contribution is -2.43. The van der Waals surface area contributed by atoms with Crippen LogP contribution in [-0.2, 0) is 21.4 Å². The largest absolute Gasteiger partial charge is 0.435 e. The Hall–Kier alpha value is -3.30. The van der Waals surface area contributed by atoms with Crippen molar-refractivity contribution in [1.29, 1.82) is 0 Å². The summed E-state index contributed by atoms with van der Waals surface area (Å²) in [6.45, 7) is -0.951. The number of nitrogens with one attached hydrogen (secondary N) is 2. The molecule has 0 aliphatic carbocycles. The van der Waals surface area contributed by atoms with E-state index in [4.69, 9.17) is 4.84 Å². The molecule has 39 heavy (non-hydrogen) atoms. The summed E-state index contributed by atoms with van der Waals surface area (Å²) in [5.74, 6) is -1.94. The van der Waals surface area contributed by atoms with E-state index in [-0.39, 0.29) is 26.9 Å². The molecule has 3 rings (SSSR count). The Balaban J connectivity index is 1.81. The van der Waals surface area contributed by atoms with Crippen molar-refractivity contribution in [3.8, 4) is 0 Å². The third-order valence-corrected chi connectivity index (χ3v) is 6.03. The zero-order valence-corrected chi connectivity index (χ0v) is 21.1. The van der Waals surface area contributed by atoms with E-state index in [1.165, 1.54) is 25.1 Å². The topological polar surface area (TPSA) is 79.8 Å². The van der Waals surface area contributed by atoms with Crippen LogP contribution in [-0.4, -0.2) is 43.0 Å². The second kappa shape index (κ2) is 10.7. The van der Waals surface area contributed by atoms with Crippen LogP contribution in [0.4, 0.5) is 39.5 Å². The van der Waals surface area contributed by atoms with Gasteiger partial charge in [0.05, 0.1) is 17.8 Å². The van der Waals surface area contributed by atoms with Gasteiger partial charge < -0.3 is 15.5 Å². The number of aryl methyl sites for hydroxylation is 1. The molecule has 1 aliphatic rings. The van der Waals surface area contributed by atoms with Crippen molar-refractivity contribution in [2.24, 2.45) is 5.16 Å². The molecule has 0 spiro atoms. The first-order chi connectivity index (χ1) is 17.8. The zero-order valence-electron chi connectivity index (χ0n) is 19.5. The standard InChI is InChI=1S/C23H17BrF9N3O3/c1-11-4-12(2-3-16(11)19(38)34-9-18(37)35-10-21(25,26)27)17-8-20(39-36-17,23(31,32)33)13-5-14(22(28,29)30)7-15(24)6-13/h2-7H,8-10H2,1H3,(H,34,38)(H,35,37)/t20-/m1/s1. The number of carbonyl (C=O) groups excluding carboxylic acids is 2. The van der Waals surface area contributed by atoms with E-state index in [2.05, 4.69) is 26.4 Å². The molecule has 0 radical (unpaired) electrons. The second-order valence-electron chi connectivity index (χ2n) is 8.46. The van der Waals surface area contributed by atoms with Gasteiger partial charge in [0.15, 0.2) is 0 Å². The summed E-state index contributed by atoms with van der Waals surface area (Å²) in [6, 6.07) is 5.48. The normalized spacial score (nSPS) is 17.9. The molecule has 0 aromatic heterocycles. The second-order valence-corrected chi connectivity index (χ2v) is 9.38. The van der Waals surface area contributed by atoms with Crippen LogP contribution >= 0.6 is 15.9 Å². The number of halogens is 10. The smallest absolute Gasteiger partial charge is 0.374 e. The summed E-state index contributed by atoms with van der Waals surface area (Å²) in [4.78, 5) is 28.6. The van der Waals surface area contributed by atoms with Crippen molar-refractivity contribution in [3.05, 3.63) is 68.7 Å². The molecule has 1 aliphatic heterocycles. The maximum atomic E-state index is 14.2. The molecule has 2 aromatic rings. The summed E-state index contributed by atoms with van der Waals surface area (Å²) in [5.41, 5.74) is -5.40. The lowest BCUT2D eigenvalue weighted by Gasteiger charge is -2.30. The van der Waals surface area contributed by atoms with Crippen molar-refractivity contribution in [1.82, 2.24) is 10.6 Å². The predicted molar refractivity (Wildman–Crippen MR) is 122 cm³/mol. The van der Waals surface area contributed by atoms with Crippen LogP contribution in [0, 0.1) is 6.92 Å². The van der Waals surface area contributed by atoms with Crippen molar-refractivity contribution in [2.75, 3.05) is 13.1 Å². The van der Waals surface area contributed by atoms with E-state index in [0.29, 0.717) is 12.1 Å². The van der Waals surface area contributed by atoms with Gasteiger partial charge in [-0.15, -0.1) is 0 Å². The minimum Gasteiger partial charge on any atom is -0.374 e. The summed E-state index contributed by atoms with van der Waals surface area (Å²) in [6.07, 6.45) is -15.7. The fourth-order valence-corrected chi connectivity index (χ4v) is 4.15. The molecule has 1 heterocycles. The van der Waals surface area contributed by atoms with Gasteiger partial charge in [-0.2, -0.15) is 39.5 Å². The van der Waals surface area contributed by atoms with Gasteiger partial charge in [0, 0.05) is 22.0 Å². The first-order valence-corrected chi connectivity index (χ1v) is 11.5. The molecule has 0 saturated heterocycles. The molecule has 212 valence electrons. The molecular formula is C23H17BrF9N3O3. The van der Waals surface area contributed by atoms with Gasteiger partial charge in [-0.25, -0.2) is 0 Å². The van der Waals surface area contributed by atoms with Crippen LogP contribution < -0.4 is 10.6 Å². The monoisotopic (exact) mass is 633 g/mol. The Kier molecular flexibility index (Phi) is 8.29. The fraction of sp³-hybridized carbons (Fsp3) is 0.348. The zero-order chi connectivity index (χ0) is 29.4. The Morgan fingerprint density at radius 3 is 2.23 bits per heavy atom. The van der Waals surface area contributed by atoms with Crippen LogP contribution in [0.5, 0.6) is 0 Å². The van der Waals surface area contributed by atoms with Crippen LogP contribution in [0.15, 0.2) is 46.0 Å². The molecule has 1 atom stereocenters. The van der Waals surface area contributed by atoms with Gasteiger partial charge >= 0.3 is 18.5 Å². The highest BCUT2D eigenvalue weighted by Crippen LogP contribution is 2.50. The van der Waals surface area contributed by atoms with Crippen molar-refractivity contribution >= 4 is 33.5 Å². The van der Waals surface area contributed by atoms with Crippen molar-refractivity contribution in [2.45, 2.75) is 37.5 Å². The lowest BCUT2D eigenvalue weighted by atomic mass is 9.85. The minimum absolute atomic E-state index is 0.0363. The van der Waals surface area contributed by atoms with Crippen LogP contribution in [0.3, 0.4) is 0 Å². The van der Waals surface area contributed by atoms with Gasteiger partial charge in [-0.1, -0.05) is 27.2 Å². The van der Waals surface area contributed by atoms with E-state index in [0.717, 1.165) is 6.07 Å². The Morgan fingerprint density at radius 1 is 1.00 bits per heavy atom. The Morgan fingerprint density at radius 2 is 1.67 bits per heavy atom. The molecule has 16 heteroatoms. The summed E-state index contributed by atoms with van der Waals surface area (Å²) in [7, 11) is 0. The van der Waals surface area contributed by atoms with E-state index in [9.17, 15) is 49.1 Å². The predicted octanol–water partition coefficient (Wildman–Crippen LogP) is 5.77. The lowest BCUT2D eigenvalue weighted by molar-refractivity contribution is -0.276. The van der Waals surface area contributed by atoms with E-state index in [1.54, 1.807) is 5.32 Å². The Labute approximate surface area is 222 Å². The number of rotatable bonds is 6. The minimum atomic E-state index is -5.18. The first kappa shape index (κ1) is 30.2. The van der Waals surface area contributed by atoms with Gasteiger partial charge in [0.25, 0.3) is 11.5 Å². The molecular weight excluding hydrogens is 617 g/mol. The number of oxime groups is 1. The maximum Gasteiger partial charge on any atom is 0.435 e. The highest BCUT2D eigenvalue weighted by atomic mass is 79.9. The van der Waals surface area contributed by atoms with Crippen molar-refractivity contribution < 1.29 is 53.9 Å². The fourth-order valence-electron chi connectivity index (χ4n) is 3.66. The van der Waals surface area contributed by atoms with Crippen LogP contribution in [0.1, 0.15) is 39.0 Å². The summed E-state index contributed by atoms with van der Waals surface area (Å²) >= 11 is 2.80. The van der Waals surface area contributed by atoms with Gasteiger partial charge in [0.2, 0.25) is 5.91 Å². The molecule has 0 unspecified atom stereocenters. The SMILES string of the molecule is Cc1cc(C2=NO[C@](c3cc(Br)cc(C(F)(F)F)c3)(C(F)(F)F)C2)ccc1C(=O)NCC(=O)NCC(F)(F)F. The van der Waals surface area contributed by atoms with E-state index >= 15 is 0 Å². The molecule has 0 bridgehead atoms. The molecule has 2 aromatic carbocycles. The third-order valence-electron chi connectivity index (χ3n) is 5.58. The maximum absolute atomic E-state index is 14.2. The molecule has 0 fully saturated rings. The molecule has 0 saturated carbocycles. The van der Waals surface area contributed by atoms with Crippen molar-refractivity contribution in [3.63, 3.8) is 0 Å². The summed E-state index contributed by atoms with van der Waals surface area (Å²) < 4.78 is 119. The first-order valence-electron chi connectivity index (χ1n) is 10.7. The average molecular weight is 634 g/mol. The van der Waals surface area contributed by atoms with Crippen LogP contribution in [0.25, 0.3) is 0 Å². The number of carbonyl (C=O) groups is 2. The van der Waals surface area contributed by atoms with E-state index < -0.39 is 66.6 Å². The number of hydrogen-bond acceptors (Lipinski definition) is 4. The number of amides is 2. The third kappa shape index (κ3) is 7.02. The molecule has 6 nitrogen and oxygen atoms in total. The highest BCUT2D eigenvalue weighted by molar-refractivity contribution is 9.10. The highest BCUT2D eigenvalue weighted by Gasteiger charge is 2.62. The average Bonchev–Trinajstić information content (AvgIpc) is 3.27. The van der Waals surface area contributed by atoms with Gasteiger partial charge in [-0.3, -0.25) is 9.59 Å². The summed E-state index contributed by atoms with van der Waals surface area (Å²) in [5, 5.41) is 7.19. The quantitative estimate of drug-likeness (QED) is 0.397. The van der Waals surface area contributed by atoms with E-state index in [1.807, 2.05) is 0 Å². The molecule has 2 amide bonds. The Bertz CT molecular complexity index is 1310.